The lowest BCUT2D eigenvalue weighted by molar-refractivity contribution is -0.117. The summed E-state index contributed by atoms with van der Waals surface area (Å²) < 4.78 is 13.7. The van der Waals surface area contributed by atoms with Crippen molar-refractivity contribution in [3.8, 4) is 0 Å². The summed E-state index contributed by atoms with van der Waals surface area (Å²) in [6.45, 7) is 1.44. The Kier molecular flexibility index (Phi) is 4.10. The summed E-state index contributed by atoms with van der Waals surface area (Å²) in [4.78, 5) is 23.2. The number of hydrogen-bond donors (Lipinski definition) is 2. The Morgan fingerprint density at radius 2 is 1.61 bits per heavy atom. The molecule has 0 saturated heterocycles. The van der Waals surface area contributed by atoms with Crippen molar-refractivity contribution >= 4 is 23.2 Å². The molecule has 1 saturated carbocycles. The molecule has 0 aliphatic heterocycles. The zero-order valence-electron chi connectivity index (χ0n) is 12.7. The highest BCUT2D eigenvalue weighted by molar-refractivity contribution is 5.95. The summed E-state index contributed by atoms with van der Waals surface area (Å²) in [5.41, 5.74) is 1.93. The van der Waals surface area contributed by atoms with Gasteiger partial charge in [-0.1, -0.05) is 18.2 Å². The van der Waals surface area contributed by atoms with E-state index >= 15 is 0 Å². The summed E-state index contributed by atoms with van der Waals surface area (Å²) in [6.07, 6.45) is 0.663. The van der Waals surface area contributed by atoms with Gasteiger partial charge in [0.1, 0.15) is 5.82 Å². The largest absolute Gasteiger partial charge is 0.326 e. The van der Waals surface area contributed by atoms with Crippen molar-refractivity contribution in [2.24, 2.45) is 5.92 Å². The van der Waals surface area contributed by atoms with Crippen molar-refractivity contribution in [3.05, 3.63) is 59.9 Å². The molecule has 4 nitrogen and oxygen atoms in total. The summed E-state index contributed by atoms with van der Waals surface area (Å²) in [7, 11) is 0. The molecule has 1 aliphatic carbocycles. The van der Waals surface area contributed by atoms with E-state index in [1.165, 1.54) is 13.0 Å². The number of amides is 2. The van der Waals surface area contributed by atoms with Crippen molar-refractivity contribution in [2.45, 2.75) is 19.3 Å². The third-order valence-electron chi connectivity index (χ3n) is 3.90. The normalized spacial score (nSPS) is 19.0. The topological polar surface area (TPSA) is 58.2 Å². The first-order chi connectivity index (χ1) is 11.0. The molecule has 2 unspecified atom stereocenters. The third kappa shape index (κ3) is 3.56. The third-order valence-corrected chi connectivity index (χ3v) is 3.90. The van der Waals surface area contributed by atoms with E-state index in [1.807, 2.05) is 0 Å². The van der Waals surface area contributed by atoms with Crippen LogP contribution >= 0.6 is 0 Å². The molecule has 2 aromatic carbocycles. The molecule has 0 radical (unpaired) electrons. The maximum absolute atomic E-state index is 13.7. The molecule has 2 aromatic rings. The molecule has 3 rings (SSSR count). The standard InChI is InChI=1S/C18H17FN2O2/c1-11(22)20-12-6-8-13(9-7-12)21-18(23)16-10-15(16)14-4-2-3-5-17(14)19/h2-9,15-16H,10H2,1H3,(H,20,22)(H,21,23). The predicted octanol–water partition coefficient (Wildman–Crippen LogP) is 3.53. The van der Waals surface area contributed by atoms with Gasteiger partial charge in [-0.05, 0) is 48.2 Å². The second-order valence-electron chi connectivity index (χ2n) is 5.72. The van der Waals surface area contributed by atoms with E-state index in [1.54, 1.807) is 42.5 Å². The van der Waals surface area contributed by atoms with Gasteiger partial charge in [-0.2, -0.15) is 0 Å². The van der Waals surface area contributed by atoms with Gasteiger partial charge in [-0.25, -0.2) is 4.39 Å². The van der Waals surface area contributed by atoms with Crippen LogP contribution in [0.1, 0.15) is 24.8 Å². The predicted molar refractivity (Wildman–Crippen MR) is 86.6 cm³/mol. The van der Waals surface area contributed by atoms with Gasteiger partial charge in [0.05, 0.1) is 0 Å². The highest BCUT2D eigenvalue weighted by Crippen LogP contribution is 2.48. The van der Waals surface area contributed by atoms with Gasteiger partial charge in [0.15, 0.2) is 0 Å². The van der Waals surface area contributed by atoms with Crippen LogP contribution in [0.2, 0.25) is 0 Å². The van der Waals surface area contributed by atoms with E-state index in [9.17, 15) is 14.0 Å². The number of anilines is 2. The summed E-state index contributed by atoms with van der Waals surface area (Å²) in [5, 5.41) is 5.49. The van der Waals surface area contributed by atoms with E-state index in [4.69, 9.17) is 0 Å². The van der Waals surface area contributed by atoms with Crippen LogP contribution in [-0.2, 0) is 9.59 Å². The van der Waals surface area contributed by atoms with Crippen LogP contribution in [0.4, 0.5) is 15.8 Å². The highest BCUT2D eigenvalue weighted by Gasteiger charge is 2.45. The Balaban J connectivity index is 1.60. The molecule has 0 bridgehead atoms. The van der Waals surface area contributed by atoms with E-state index in [2.05, 4.69) is 10.6 Å². The summed E-state index contributed by atoms with van der Waals surface area (Å²) in [6, 6.07) is 13.5. The minimum Gasteiger partial charge on any atom is -0.326 e. The quantitative estimate of drug-likeness (QED) is 0.907. The first kappa shape index (κ1) is 15.2. The zero-order chi connectivity index (χ0) is 16.4. The SMILES string of the molecule is CC(=O)Nc1ccc(NC(=O)C2CC2c2ccccc2F)cc1. The first-order valence-corrected chi connectivity index (χ1v) is 7.47. The van der Waals surface area contributed by atoms with Gasteiger partial charge >= 0.3 is 0 Å². The van der Waals surface area contributed by atoms with E-state index < -0.39 is 0 Å². The molecule has 5 heteroatoms. The Labute approximate surface area is 133 Å². The maximum atomic E-state index is 13.7. The maximum Gasteiger partial charge on any atom is 0.228 e. The van der Waals surface area contributed by atoms with Crippen molar-refractivity contribution in [2.75, 3.05) is 10.6 Å². The summed E-state index contributed by atoms with van der Waals surface area (Å²) >= 11 is 0. The number of nitrogens with one attached hydrogen (secondary N) is 2. The molecule has 2 N–H and O–H groups in total. The fourth-order valence-electron chi connectivity index (χ4n) is 2.68. The molecule has 1 aliphatic rings. The summed E-state index contributed by atoms with van der Waals surface area (Å²) in [5.74, 6) is -0.748. The number of halogens is 1. The lowest BCUT2D eigenvalue weighted by atomic mass is 10.1. The molecule has 118 valence electrons. The molecule has 2 amide bonds. The molecular formula is C18H17FN2O2. The lowest BCUT2D eigenvalue weighted by Gasteiger charge is -2.07. The van der Waals surface area contributed by atoms with Crippen LogP contribution in [-0.4, -0.2) is 11.8 Å². The molecule has 0 spiro atoms. The molecule has 1 fully saturated rings. The van der Waals surface area contributed by atoms with Gasteiger partial charge in [-0.15, -0.1) is 0 Å². The minimum atomic E-state index is -0.257. The minimum absolute atomic E-state index is 0.0464. The monoisotopic (exact) mass is 312 g/mol. The van der Waals surface area contributed by atoms with Crippen molar-refractivity contribution < 1.29 is 14.0 Å². The average molecular weight is 312 g/mol. The van der Waals surface area contributed by atoms with Crippen LogP contribution in [0.3, 0.4) is 0 Å². The lowest BCUT2D eigenvalue weighted by Crippen LogP contribution is -2.14. The fraction of sp³-hybridized carbons (Fsp3) is 0.222. The number of carbonyl (C=O) groups is 2. The van der Waals surface area contributed by atoms with Crippen LogP contribution in [0.25, 0.3) is 0 Å². The Morgan fingerprint density at radius 3 is 2.22 bits per heavy atom. The molecular weight excluding hydrogens is 295 g/mol. The van der Waals surface area contributed by atoms with Gasteiger partial charge < -0.3 is 10.6 Å². The molecule has 2 atom stereocenters. The average Bonchev–Trinajstić information content (AvgIpc) is 3.30. The number of benzene rings is 2. The second-order valence-corrected chi connectivity index (χ2v) is 5.72. The van der Waals surface area contributed by atoms with Crippen LogP contribution in [0.5, 0.6) is 0 Å². The number of carbonyl (C=O) groups excluding carboxylic acids is 2. The van der Waals surface area contributed by atoms with E-state index in [0.29, 0.717) is 23.4 Å². The van der Waals surface area contributed by atoms with Gasteiger partial charge in [-0.3, -0.25) is 9.59 Å². The van der Waals surface area contributed by atoms with E-state index in [0.717, 1.165) is 0 Å². The van der Waals surface area contributed by atoms with Crippen molar-refractivity contribution in [3.63, 3.8) is 0 Å². The van der Waals surface area contributed by atoms with Crippen LogP contribution in [0.15, 0.2) is 48.5 Å². The zero-order valence-corrected chi connectivity index (χ0v) is 12.7. The van der Waals surface area contributed by atoms with Crippen molar-refractivity contribution in [1.29, 1.82) is 0 Å². The molecule has 0 heterocycles. The smallest absolute Gasteiger partial charge is 0.228 e. The highest BCUT2D eigenvalue weighted by atomic mass is 19.1. The van der Waals surface area contributed by atoms with Gasteiger partial charge in [0, 0.05) is 24.2 Å². The Bertz CT molecular complexity index is 743. The van der Waals surface area contributed by atoms with Gasteiger partial charge in [0.2, 0.25) is 11.8 Å². The van der Waals surface area contributed by atoms with Crippen LogP contribution < -0.4 is 10.6 Å². The second kappa shape index (κ2) is 6.20. The van der Waals surface area contributed by atoms with Crippen molar-refractivity contribution in [1.82, 2.24) is 0 Å². The van der Waals surface area contributed by atoms with E-state index in [-0.39, 0.29) is 29.5 Å². The Morgan fingerprint density at radius 1 is 1.00 bits per heavy atom. The Hall–Kier alpha value is -2.69. The number of hydrogen-bond acceptors (Lipinski definition) is 2. The first-order valence-electron chi connectivity index (χ1n) is 7.47. The number of rotatable bonds is 4. The molecule has 23 heavy (non-hydrogen) atoms. The molecule has 0 aromatic heterocycles. The van der Waals surface area contributed by atoms with Crippen LogP contribution in [0, 0.1) is 11.7 Å². The van der Waals surface area contributed by atoms with Gasteiger partial charge in [0.25, 0.3) is 0 Å². The fourth-order valence-corrected chi connectivity index (χ4v) is 2.68.